The largest absolute Gasteiger partial charge is 0.376 e. The smallest absolute Gasteiger partial charge is 0.243 e. The molecule has 2 aliphatic rings. The Morgan fingerprint density at radius 3 is 2.80 bits per heavy atom. The van der Waals surface area contributed by atoms with Gasteiger partial charge in [-0.2, -0.15) is 4.31 Å². The minimum Gasteiger partial charge on any atom is -0.376 e. The van der Waals surface area contributed by atoms with E-state index in [-0.39, 0.29) is 16.8 Å². The van der Waals surface area contributed by atoms with E-state index < -0.39 is 10.0 Å². The molecule has 5 rings (SSSR count). The quantitative estimate of drug-likeness (QED) is 0.361. The number of hydrogen-bond donors (Lipinski definition) is 0. The van der Waals surface area contributed by atoms with E-state index in [4.69, 9.17) is 21.3 Å². The zero-order chi connectivity index (χ0) is 24.6. The third kappa shape index (κ3) is 5.39. The first-order chi connectivity index (χ1) is 16.8. The lowest BCUT2D eigenvalue weighted by Crippen LogP contribution is -2.39. The SMILES string of the molecule is C[C@H]1CCCN(S(=O)(=O)c2ccc3c(c2)nc(SCc2ccc(Cl)cc2F)n3C[C@H]2CCCO2)C1. The molecule has 0 unspecified atom stereocenters. The van der Waals surface area contributed by atoms with Crippen LogP contribution < -0.4 is 0 Å². The number of rotatable bonds is 7. The van der Waals surface area contributed by atoms with Gasteiger partial charge in [-0.15, -0.1) is 0 Å². The van der Waals surface area contributed by atoms with Crippen LogP contribution in [-0.4, -0.2) is 48.1 Å². The summed E-state index contributed by atoms with van der Waals surface area (Å²) in [6, 6.07) is 9.85. The molecule has 1 aromatic heterocycles. The summed E-state index contributed by atoms with van der Waals surface area (Å²) in [4.78, 5) is 5.06. The molecular formula is C25H29ClFN3O3S2. The first-order valence-electron chi connectivity index (χ1n) is 12.0. The van der Waals surface area contributed by atoms with Crippen molar-refractivity contribution < 1.29 is 17.5 Å². The molecule has 0 saturated carbocycles. The third-order valence-electron chi connectivity index (χ3n) is 6.72. The maximum atomic E-state index is 14.4. The van der Waals surface area contributed by atoms with E-state index in [0.717, 1.165) is 37.8 Å². The summed E-state index contributed by atoms with van der Waals surface area (Å²) >= 11 is 7.32. The summed E-state index contributed by atoms with van der Waals surface area (Å²) in [6.45, 7) is 4.54. The zero-order valence-corrected chi connectivity index (χ0v) is 22.0. The number of sulfonamides is 1. The molecule has 3 heterocycles. The maximum Gasteiger partial charge on any atom is 0.243 e. The Morgan fingerprint density at radius 2 is 2.06 bits per heavy atom. The Bertz CT molecular complexity index is 1320. The van der Waals surface area contributed by atoms with Crippen LogP contribution in [0.1, 0.15) is 38.2 Å². The lowest BCUT2D eigenvalue weighted by atomic mass is 10.0. The molecule has 0 spiro atoms. The second-order valence-electron chi connectivity index (χ2n) is 9.43. The standard InChI is InChI=1S/C25H29ClFN3O3S2/c1-17-4-2-10-29(14-17)35(31,32)21-8-9-24-23(13-21)28-25(30(24)15-20-5-3-11-33-20)34-16-18-6-7-19(26)12-22(18)27/h6-9,12-13,17,20H,2-5,10-11,14-16H2,1H3/t17-,20+/m0/s1. The molecule has 2 atom stereocenters. The maximum absolute atomic E-state index is 14.4. The van der Waals surface area contributed by atoms with Gasteiger partial charge in [-0.25, -0.2) is 17.8 Å². The molecule has 2 aliphatic heterocycles. The Balaban J connectivity index is 1.47. The van der Waals surface area contributed by atoms with Crippen LogP contribution in [0.5, 0.6) is 0 Å². The fourth-order valence-electron chi connectivity index (χ4n) is 4.82. The van der Waals surface area contributed by atoms with Gasteiger partial charge >= 0.3 is 0 Å². The molecule has 10 heteroatoms. The average molecular weight is 538 g/mol. The number of fused-ring (bicyclic) bond motifs is 1. The molecule has 0 aliphatic carbocycles. The van der Waals surface area contributed by atoms with Gasteiger partial charge in [-0.05, 0) is 67.5 Å². The number of aromatic nitrogens is 2. The van der Waals surface area contributed by atoms with Crippen molar-refractivity contribution in [3.05, 3.63) is 52.8 Å². The highest BCUT2D eigenvalue weighted by molar-refractivity contribution is 7.98. The minimum atomic E-state index is -3.59. The first-order valence-corrected chi connectivity index (χ1v) is 14.8. The number of halogens is 2. The highest BCUT2D eigenvalue weighted by Gasteiger charge is 2.29. The number of ether oxygens (including phenoxy) is 1. The van der Waals surface area contributed by atoms with Crippen LogP contribution in [0.2, 0.25) is 5.02 Å². The Labute approximate surface area is 214 Å². The van der Waals surface area contributed by atoms with E-state index in [0.29, 0.717) is 52.6 Å². The first kappa shape index (κ1) is 25.0. The average Bonchev–Trinajstić information content (AvgIpc) is 3.46. The van der Waals surface area contributed by atoms with Gasteiger partial charge in [0.1, 0.15) is 5.82 Å². The third-order valence-corrected chi connectivity index (χ3v) is 9.85. The van der Waals surface area contributed by atoms with Crippen LogP contribution in [0.3, 0.4) is 0 Å². The number of imidazole rings is 1. The molecule has 2 aromatic carbocycles. The highest BCUT2D eigenvalue weighted by atomic mass is 35.5. The summed E-state index contributed by atoms with van der Waals surface area (Å²) in [5.41, 5.74) is 2.01. The Kier molecular flexibility index (Phi) is 7.42. The molecular weight excluding hydrogens is 509 g/mol. The van der Waals surface area contributed by atoms with E-state index >= 15 is 0 Å². The van der Waals surface area contributed by atoms with Gasteiger partial charge in [0.05, 0.1) is 28.6 Å². The predicted molar refractivity (Wildman–Crippen MR) is 137 cm³/mol. The van der Waals surface area contributed by atoms with Crippen molar-refractivity contribution in [1.82, 2.24) is 13.9 Å². The van der Waals surface area contributed by atoms with Gasteiger partial charge < -0.3 is 9.30 Å². The second kappa shape index (κ2) is 10.4. The molecule has 0 radical (unpaired) electrons. The van der Waals surface area contributed by atoms with Crippen LogP contribution >= 0.6 is 23.4 Å². The van der Waals surface area contributed by atoms with E-state index in [2.05, 4.69) is 11.5 Å². The van der Waals surface area contributed by atoms with Crippen molar-refractivity contribution in [1.29, 1.82) is 0 Å². The Hall–Kier alpha value is -1.65. The Morgan fingerprint density at radius 1 is 1.20 bits per heavy atom. The molecule has 0 N–H and O–H groups in total. The summed E-state index contributed by atoms with van der Waals surface area (Å²) in [7, 11) is -3.59. The van der Waals surface area contributed by atoms with Crippen molar-refractivity contribution in [2.75, 3.05) is 19.7 Å². The number of hydrogen-bond acceptors (Lipinski definition) is 5. The molecule has 3 aromatic rings. The zero-order valence-electron chi connectivity index (χ0n) is 19.6. The van der Waals surface area contributed by atoms with Crippen LogP contribution in [0.25, 0.3) is 11.0 Å². The number of nitrogens with zero attached hydrogens (tertiary/aromatic N) is 3. The van der Waals surface area contributed by atoms with Crippen molar-refractivity contribution in [3.8, 4) is 0 Å². The molecule has 2 fully saturated rings. The molecule has 0 amide bonds. The molecule has 2 saturated heterocycles. The van der Waals surface area contributed by atoms with Gasteiger partial charge in [0.25, 0.3) is 0 Å². The van der Waals surface area contributed by atoms with Crippen LogP contribution in [-0.2, 0) is 27.1 Å². The fourth-order valence-corrected chi connectivity index (χ4v) is 7.61. The monoisotopic (exact) mass is 537 g/mol. The summed E-state index contributed by atoms with van der Waals surface area (Å²) in [5.74, 6) is 0.384. The lowest BCUT2D eigenvalue weighted by Gasteiger charge is -2.30. The topological polar surface area (TPSA) is 64.4 Å². The van der Waals surface area contributed by atoms with Crippen molar-refractivity contribution in [2.24, 2.45) is 5.92 Å². The molecule has 0 bridgehead atoms. The van der Waals surface area contributed by atoms with Gasteiger partial charge in [0, 0.05) is 30.5 Å². The summed E-state index contributed by atoms with van der Waals surface area (Å²) < 4.78 is 50.5. The molecule has 6 nitrogen and oxygen atoms in total. The number of benzene rings is 2. The minimum absolute atomic E-state index is 0.0808. The predicted octanol–water partition coefficient (Wildman–Crippen LogP) is 5.72. The molecule has 35 heavy (non-hydrogen) atoms. The second-order valence-corrected chi connectivity index (χ2v) is 12.7. The van der Waals surface area contributed by atoms with Crippen molar-refractivity contribution >= 4 is 44.4 Å². The van der Waals surface area contributed by atoms with Gasteiger partial charge in [0.15, 0.2) is 5.16 Å². The van der Waals surface area contributed by atoms with Crippen LogP contribution in [0, 0.1) is 11.7 Å². The lowest BCUT2D eigenvalue weighted by molar-refractivity contribution is 0.0960. The van der Waals surface area contributed by atoms with Gasteiger partial charge in [0.2, 0.25) is 10.0 Å². The summed E-state index contributed by atoms with van der Waals surface area (Å²) in [6.07, 6.45) is 3.99. The van der Waals surface area contributed by atoms with Crippen LogP contribution in [0.4, 0.5) is 4.39 Å². The fraction of sp³-hybridized carbons (Fsp3) is 0.480. The van der Waals surface area contributed by atoms with E-state index in [1.807, 2.05) is 6.07 Å². The number of piperidine rings is 1. The number of thioether (sulfide) groups is 1. The molecule has 188 valence electrons. The van der Waals surface area contributed by atoms with Crippen molar-refractivity contribution in [3.63, 3.8) is 0 Å². The van der Waals surface area contributed by atoms with Crippen LogP contribution in [0.15, 0.2) is 46.5 Å². The van der Waals surface area contributed by atoms with Gasteiger partial charge in [-0.3, -0.25) is 0 Å². The van der Waals surface area contributed by atoms with E-state index in [1.54, 1.807) is 28.6 Å². The normalized spacial score (nSPS) is 21.7. The van der Waals surface area contributed by atoms with E-state index in [9.17, 15) is 12.8 Å². The van der Waals surface area contributed by atoms with E-state index in [1.165, 1.54) is 17.8 Å². The van der Waals surface area contributed by atoms with Gasteiger partial charge in [-0.1, -0.05) is 36.4 Å². The highest BCUT2D eigenvalue weighted by Crippen LogP contribution is 2.32. The van der Waals surface area contributed by atoms with Crippen molar-refractivity contribution in [2.45, 2.75) is 61.1 Å². The summed E-state index contributed by atoms with van der Waals surface area (Å²) in [5, 5.41) is 1.07.